The average molecular weight is 493 g/mol. The molecule has 0 aromatic rings. The molecule has 0 aliphatic heterocycles. The molecular formula is C30H52O5. The van der Waals surface area contributed by atoms with Crippen molar-refractivity contribution in [1.82, 2.24) is 0 Å². The SMILES string of the molecule is CC(=O)OC1CC2(C)C(C(C)CCC(C)C(C)C)CCC2C2CC(O)C3(O)CC(O)CCC3(C)C12. The number of hydrogen-bond acceptors (Lipinski definition) is 5. The Morgan fingerprint density at radius 3 is 2.34 bits per heavy atom. The maximum Gasteiger partial charge on any atom is 0.302 e. The molecule has 5 nitrogen and oxygen atoms in total. The van der Waals surface area contributed by atoms with Crippen LogP contribution in [0.3, 0.4) is 0 Å². The fourth-order valence-corrected chi connectivity index (χ4v) is 9.70. The molecule has 4 aliphatic carbocycles. The van der Waals surface area contributed by atoms with Gasteiger partial charge >= 0.3 is 5.97 Å². The normalized spacial score (nSPS) is 49.1. The lowest BCUT2D eigenvalue weighted by molar-refractivity contribution is -0.284. The summed E-state index contributed by atoms with van der Waals surface area (Å²) in [5.41, 5.74) is -1.84. The fraction of sp³-hybridized carbons (Fsp3) is 0.967. The van der Waals surface area contributed by atoms with E-state index in [1.54, 1.807) is 0 Å². The van der Waals surface area contributed by atoms with Crippen LogP contribution >= 0.6 is 0 Å². The first kappa shape index (κ1) is 27.4. The van der Waals surface area contributed by atoms with Gasteiger partial charge in [0.2, 0.25) is 0 Å². The maximum absolute atomic E-state index is 12.3. The lowest BCUT2D eigenvalue weighted by atomic mass is 9.41. The Morgan fingerprint density at radius 2 is 1.71 bits per heavy atom. The van der Waals surface area contributed by atoms with Crippen LogP contribution in [-0.2, 0) is 9.53 Å². The number of aliphatic hydroxyl groups is 3. The molecule has 12 atom stereocenters. The zero-order valence-electron chi connectivity index (χ0n) is 23.3. The van der Waals surface area contributed by atoms with Gasteiger partial charge in [-0.25, -0.2) is 0 Å². The van der Waals surface area contributed by atoms with Gasteiger partial charge in [0.05, 0.1) is 17.8 Å². The minimum atomic E-state index is -1.34. The third-order valence-electron chi connectivity index (χ3n) is 12.0. The summed E-state index contributed by atoms with van der Waals surface area (Å²) in [6, 6.07) is 0. The van der Waals surface area contributed by atoms with Crippen molar-refractivity contribution < 1.29 is 24.9 Å². The van der Waals surface area contributed by atoms with Gasteiger partial charge in [-0.2, -0.15) is 0 Å². The number of rotatable bonds is 6. The molecule has 0 aromatic carbocycles. The van der Waals surface area contributed by atoms with Crippen molar-refractivity contribution in [2.24, 2.45) is 52.3 Å². The van der Waals surface area contributed by atoms with E-state index < -0.39 is 23.2 Å². The van der Waals surface area contributed by atoms with E-state index in [1.165, 1.54) is 26.2 Å². The largest absolute Gasteiger partial charge is 0.462 e. The first-order chi connectivity index (χ1) is 16.2. The molecule has 3 N–H and O–H groups in total. The third-order valence-corrected chi connectivity index (χ3v) is 12.0. The van der Waals surface area contributed by atoms with Crippen LogP contribution < -0.4 is 0 Å². The molecule has 5 heteroatoms. The highest BCUT2D eigenvalue weighted by Gasteiger charge is 2.70. The van der Waals surface area contributed by atoms with Crippen LogP contribution in [-0.4, -0.2) is 45.2 Å². The quantitative estimate of drug-likeness (QED) is 0.436. The smallest absolute Gasteiger partial charge is 0.302 e. The molecule has 0 spiro atoms. The van der Waals surface area contributed by atoms with Crippen molar-refractivity contribution in [3.05, 3.63) is 0 Å². The van der Waals surface area contributed by atoms with Crippen LogP contribution in [0, 0.1) is 52.3 Å². The summed E-state index contributed by atoms with van der Waals surface area (Å²) in [5.74, 6) is 3.09. The van der Waals surface area contributed by atoms with E-state index in [0.717, 1.165) is 18.8 Å². The van der Waals surface area contributed by atoms with Crippen molar-refractivity contribution in [2.75, 3.05) is 0 Å². The number of aliphatic hydroxyl groups excluding tert-OH is 2. The minimum Gasteiger partial charge on any atom is -0.462 e. The van der Waals surface area contributed by atoms with Gasteiger partial charge in [0.15, 0.2) is 0 Å². The zero-order chi connectivity index (χ0) is 25.9. The van der Waals surface area contributed by atoms with E-state index in [-0.39, 0.29) is 35.7 Å². The first-order valence-electron chi connectivity index (χ1n) is 14.5. The molecule has 4 saturated carbocycles. The molecule has 0 aromatic heterocycles. The summed E-state index contributed by atoms with van der Waals surface area (Å²) in [7, 11) is 0. The summed E-state index contributed by atoms with van der Waals surface area (Å²) in [6.45, 7) is 15.5. The number of hydrogen-bond donors (Lipinski definition) is 3. The number of carbonyl (C=O) groups is 1. The molecule has 4 aliphatic rings. The molecule has 4 fully saturated rings. The Labute approximate surface area is 213 Å². The van der Waals surface area contributed by atoms with Crippen molar-refractivity contribution >= 4 is 5.97 Å². The second-order valence-electron chi connectivity index (χ2n) is 14.1. The second kappa shape index (κ2) is 9.58. The lowest BCUT2D eigenvalue weighted by Crippen LogP contribution is -2.71. The summed E-state index contributed by atoms with van der Waals surface area (Å²) in [5, 5.41) is 33.6. The van der Waals surface area contributed by atoms with E-state index in [9.17, 15) is 20.1 Å². The van der Waals surface area contributed by atoms with Crippen LogP contribution in [0.2, 0.25) is 0 Å². The molecule has 0 amide bonds. The summed E-state index contributed by atoms with van der Waals surface area (Å²) >= 11 is 0. The van der Waals surface area contributed by atoms with Crippen molar-refractivity contribution in [2.45, 2.75) is 130 Å². The summed E-state index contributed by atoms with van der Waals surface area (Å²) in [6.07, 6.45) is 6.00. The Bertz CT molecular complexity index is 783. The van der Waals surface area contributed by atoms with Gasteiger partial charge in [0, 0.05) is 24.7 Å². The van der Waals surface area contributed by atoms with E-state index in [1.807, 2.05) is 0 Å². The van der Waals surface area contributed by atoms with Gasteiger partial charge in [0.25, 0.3) is 0 Å². The Hall–Kier alpha value is -0.650. The van der Waals surface area contributed by atoms with E-state index in [2.05, 4.69) is 41.5 Å². The summed E-state index contributed by atoms with van der Waals surface area (Å²) < 4.78 is 6.12. The van der Waals surface area contributed by atoms with E-state index >= 15 is 0 Å². The predicted octanol–water partition coefficient (Wildman–Crippen LogP) is 5.34. The van der Waals surface area contributed by atoms with Crippen LogP contribution in [0.5, 0.6) is 0 Å². The van der Waals surface area contributed by atoms with Crippen LogP contribution in [0.15, 0.2) is 0 Å². The fourth-order valence-electron chi connectivity index (χ4n) is 9.70. The second-order valence-corrected chi connectivity index (χ2v) is 14.1. The van der Waals surface area contributed by atoms with E-state index in [0.29, 0.717) is 42.9 Å². The maximum atomic E-state index is 12.3. The number of fused-ring (bicyclic) bond motifs is 5. The van der Waals surface area contributed by atoms with Gasteiger partial charge in [-0.05, 0) is 79.4 Å². The van der Waals surface area contributed by atoms with Gasteiger partial charge in [-0.1, -0.05) is 54.4 Å². The average Bonchev–Trinajstić information content (AvgIpc) is 3.10. The van der Waals surface area contributed by atoms with Crippen LogP contribution in [0.4, 0.5) is 0 Å². The molecule has 0 bridgehead atoms. The molecule has 0 saturated heterocycles. The van der Waals surface area contributed by atoms with E-state index in [4.69, 9.17) is 4.74 Å². The van der Waals surface area contributed by atoms with Crippen LogP contribution in [0.25, 0.3) is 0 Å². The predicted molar refractivity (Wildman–Crippen MR) is 137 cm³/mol. The molecule has 202 valence electrons. The number of esters is 1. The summed E-state index contributed by atoms with van der Waals surface area (Å²) in [4.78, 5) is 12.3. The number of carbonyl (C=O) groups excluding carboxylic acids is 1. The van der Waals surface area contributed by atoms with Crippen molar-refractivity contribution in [3.63, 3.8) is 0 Å². The monoisotopic (exact) mass is 492 g/mol. The highest BCUT2D eigenvalue weighted by atomic mass is 16.5. The molecule has 35 heavy (non-hydrogen) atoms. The first-order valence-corrected chi connectivity index (χ1v) is 14.5. The number of ether oxygens (including phenoxy) is 1. The van der Waals surface area contributed by atoms with Crippen molar-refractivity contribution in [3.8, 4) is 0 Å². The highest BCUT2D eigenvalue weighted by Crippen LogP contribution is 2.69. The standard InChI is InChI=1S/C30H52O5/c1-17(2)18(3)8-9-19(4)23-10-11-24-22-14-26(33)30(34)15-21(32)12-13-29(30,7)27(22)25(35-20(5)31)16-28(23,24)6/h17-19,21-27,32-34H,8-16H2,1-7H3. The van der Waals surface area contributed by atoms with Gasteiger partial charge in [-0.3, -0.25) is 4.79 Å². The lowest BCUT2D eigenvalue weighted by Gasteiger charge is -2.66. The minimum absolute atomic E-state index is 0.0143. The molecule has 4 rings (SSSR count). The topological polar surface area (TPSA) is 87.0 Å². The zero-order valence-corrected chi connectivity index (χ0v) is 23.3. The third kappa shape index (κ3) is 4.40. The Morgan fingerprint density at radius 1 is 1.03 bits per heavy atom. The Kier molecular flexibility index (Phi) is 7.50. The molecular weight excluding hydrogens is 440 g/mol. The Balaban J connectivity index is 1.65. The molecule has 0 heterocycles. The van der Waals surface area contributed by atoms with Gasteiger partial charge < -0.3 is 20.1 Å². The molecule has 12 unspecified atom stereocenters. The van der Waals surface area contributed by atoms with Gasteiger partial charge in [-0.15, -0.1) is 0 Å². The van der Waals surface area contributed by atoms with Crippen LogP contribution in [0.1, 0.15) is 106 Å². The van der Waals surface area contributed by atoms with Crippen molar-refractivity contribution in [1.29, 1.82) is 0 Å². The highest BCUT2D eigenvalue weighted by molar-refractivity contribution is 5.66. The van der Waals surface area contributed by atoms with Gasteiger partial charge in [0.1, 0.15) is 6.10 Å². The molecule has 0 radical (unpaired) electrons.